The highest BCUT2D eigenvalue weighted by Crippen LogP contribution is 2.36. The summed E-state index contributed by atoms with van der Waals surface area (Å²) in [5, 5.41) is 8.03. The molecule has 2 aromatic heterocycles. The molecule has 3 aliphatic rings. The number of hydrogen-bond donors (Lipinski definition) is 2. The fourth-order valence-corrected chi connectivity index (χ4v) is 8.24. The summed E-state index contributed by atoms with van der Waals surface area (Å²) in [6.07, 6.45) is 3.61. The normalized spacial score (nSPS) is 19.0. The molecule has 3 aromatic carbocycles. The van der Waals surface area contributed by atoms with Crippen LogP contribution in [0.2, 0.25) is 0 Å². The molecule has 0 radical (unpaired) electrons. The third-order valence-electron chi connectivity index (χ3n) is 9.92. The van der Waals surface area contributed by atoms with Gasteiger partial charge in [0, 0.05) is 35.7 Å². The molecule has 14 nitrogen and oxygen atoms in total. The van der Waals surface area contributed by atoms with Gasteiger partial charge in [-0.1, -0.05) is 24.3 Å². The number of rotatable bonds is 12. The first-order valence-corrected chi connectivity index (χ1v) is 18.9. The van der Waals surface area contributed by atoms with E-state index < -0.39 is 29.7 Å². The second kappa shape index (κ2) is 15.4. The molecule has 3 aliphatic heterocycles. The molecule has 276 valence electrons. The van der Waals surface area contributed by atoms with Gasteiger partial charge in [-0.25, -0.2) is 14.6 Å². The maximum Gasteiger partial charge on any atom is 0.263 e. The maximum atomic E-state index is 13.4. The van der Waals surface area contributed by atoms with Crippen molar-refractivity contribution in [1.82, 2.24) is 34.9 Å². The Balaban J connectivity index is 0.863. The topological polar surface area (TPSA) is 175 Å². The predicted octanol–water partition coefficient (Wildman–Crippen LogP) is 4.71. The first-order valence-electron chi connectivity index (χ1n) is 17.9. The number of imide groups is 2. The van der Waals surface area contributed by atoms with E-state index in [1.807, 2.05) is 59.3 Å². The lowest BCUT2D eigenvalue weighted by atomic mass is 10.0. The van der Waals surface area contributed by atoms with Crippen molar-refractivity contribution in [2.75, 3.05) is 44.3 Å². The van der Waals surface area contributed by atoms with Gasteiger partial charge in [-0.05, 0) is 74.3 Å². The third kappa shape index (κ3) is 7.05. The van der Waals surface area contributed by atoms with Crippen LogP contribution in [0.4, 0.5) is 5.82 Å². The van der Waals surface area contributed by atoms with E-state index >= 15 is 0 Å². The fourth-order valence-electron chi connectivity index (χ4n) is 7.30. The highest BCUT2D eigenvalue weighted by Gasteiger charge is 2.45. The van der Waals surface area contributed by atoms with Gasteiger partial charge in [0.15, 0.2) is 5.65 Å². The molecule has 2 fully saturated rings. The third-order valence-corrected chi connectivity index (χ3v) is 10.9. The zero-order valence-corrected chi connectivity index (χ0v) is 30.2. The van der Waals surface area contributed by atoms with Crippen LogP contribution in [0.25, 0.3) is 22.3 Å². The number of aromatic nitrogens is 4. The summed E-state index contributed by atoms with van der Waals surface area (Å²) in [5.41, 5.74) is 9.30. The molecule has 0 spiro atoms. The van der Waals surface area contributed by atoms with E-state index in [2.05, 4.69) is 20.2 Å². The number of nitrogens with two attached hydrogens (primary N) is 1. The Hall–Kier alpha value is -5.64. The first kappa shape index (κ1) is 35.4. The lowest BCUT2D eigenvalue weighted by molar-refractivity contribution is -0.136. The number of para-hydroxylation sites is 1. The van der Waals surface area contributed by atoms with Crippen LogP contribution >= 0.6 is 11.8 Å². The molecule has 0 bridgehead atoms. The lowest BCUT2D eigenvalue weighted by Gasteiger charge is -2.32. The van der Waals surface area contributed by atoms with Crippen molar-refractivity contribution in [2.45, 2.75) is 42.7 Å². The van der Waals surface area contributed by atoms with Gasteiger partial charge in [0.05, 0.1) is 35.8 Å². The van der Waals surface area contributed by atoms with Gasteiger partial charge in [0.1, 0.15) is 35.4 Å². The maximum absolute atomic E-state index is 13.4. The number of piperidine rings is 2. The van der Waals surface area contributed by atoms with Crippen molar-refractivity contribution in [3.63, 3.8) is 0 Å². The van der Waals surface area contributed by atoms with E-state index in [1.165, 1.54) is 18.1 Å². The molecule has 2 atom stereocenters. The van der Waals surface area contributed by atoms with Crippen molar-refractivity contribution in [3.8, 4) is 22.8 Å². The average molecular weight is 747 g/mol. The molecule has 0 saturated carbocycles. The smallest absolute Gasteiger partial charge is 0.263 e. The Kier molecular flexibility index (Phi) is 10.1. The Labute approximate surface area is 315 Å². The molecular formula is C39H38N8O6S. The van der Waals surface area contributed by atoms with Crippen LogP contribution in [-0.4, -0.2) is 97.8 Å². The van der Waals surface area contributed by atoms with Gasteiger partial charge in [0.2, 0.25) is 11.8 Å². The molecule has 8 rings (SSSR count). The number of ether oxygens (including phenoxy) is 2. The van der Waals surface area contributed by atoms with Gasteiger partial charge < -0.3 is 15.2 Å². The van der Waals surface area contributed by atoms with Crippen molar-refractivity contribution in [3.05, 3.63) is 90.3 Å². The largest absolute Gasteiger partial charge is 0.457 e. The number of benzene rings is 3. The lowest BCUT2D eigenvalue weighted by Crippen LogP contribution is -2.54. The summed E-state index contributed by atoms with van der Waals surface area (Å²) in [7, 11) is 0. The quantitative estimate of drug-likeness (QED) is 0.102. The summed E-state index contributed by atoms with van der Waals surface area (Å²) in [4.78, 5) is 63.5. The van der Waals surface area contributed by atoms with Crippen molar-refractivity contribution < 1.29 is 28.7 Å². The van der Waals surface area contributed by atoms with E-state index in [0.717, 1.165) is 65.5 Å². The molecule has 15 heteroatoms. The number of amides is 4. The average Bonchev–Trinajstić information content (AvgIpc) is 3.70. The van der Waals surface area contributed by atoms with Crippen LogP contribution in [0, 0.1) is 0 Å². The predicted molar refractivity (Wildman–Crippen MR) is 201 cm³/mol. The molecule has 5 aromatic rings. The Morgan fingerprint density at radius 3 is 2.52 bits per heavy atom. The number of likely N-dealkylation sites (tertiary alicyclic amines) is 1. The Morgan fingerprint density at radius 1 is 0.889 bits per heavy atom. The second-order valence-corrected chi connectivity index (χ2v) is 14.5. The van der Waals surface area contributed by atoms with Gasteiger partial charge in [-0.2, -0.15) is 5.10 Å². The molecule has 5 heterocycles. The van der Waals surface area contributed by atoms with E-state index in [1.54, 1.807) is 18.2 Å². The number of hydrogen-bond acceptors (Lipinski definition) is 12. The minimum Gasteiger partial charge on any atom is -0.457 e. The number of carbonyl (C=O) groups excluding carboxylic acids is 4. The number of thioether (sulfide) groups is 1. The zero-order chi connectivity index (χ0) is 37.2. The van der Waals surface area contributed by atoms with Crippen LogP contribution in [0.5, 0.6) is 11.5 Å². The second-order valence-electron chi connectivity index (χ2n) is 13.4. The number of nitrogens with one attached hydrogen (secondary N) is 1. The van der Waals surface area contributed by atoms with E-state index in [0.29, 0.717) is 40.9 Å². The SMILES string of the molecule is Nc1ncnc2c1c(-c1ccc(Oc3ccccc3)cc1)nn2[C@@H]1CCCN(CCOCCSc2cccc3c2C(=O)N(C2CCC(=O)NC2=O)C3=O)C1. The van der Waals surface area contributed by atoms with Crippen LogP contribution < -0.4 is 15.8 Å². The number of nitrogen functional groups attached to an aromatic ring is 1. The van der Waals surface area contributed by atoms with E-state index in [-0.39, 0.29) is 24.4 Å². The number of carbonyl (C=O) groups is 4. The summed E-state index contributed by atoms with van der Waals surface area (Å²) in [6.45, 7) is 3.43. The standard InChI is InChI=1S/C39H38N8O6S/c40-35-33-34(24-11-13-27(14-12-24)53-26-7-2-1-3-8-26)44-47(36(33)42-23-41-35)25-6-5-17-45(22-25)18-19-52-20-21-54-30-10-4-9-28-32(30)39(51)46(38(28)50)29-15-16-31(48)43-37(29)49/h1-4,7-14,23,25,29H,5-6,15-22H2,(H2,40,41,42)(H,43,48,49)/t25-,29?/m1/s1. The fraction of sp³-hybridized carbons (Fsp3) is 0.308. The Morgan fingerprint density at radius 2 is 1.70 bits per heavy atom. The van der Waals surface area contributed by atoms with E-state index in [9.17, 15) is 19.2 Å². The Bertz CT molecular complexity index is 2230. The molecule has 2 saturated heterocycles. The van der Waals surface area contributed by atoms with Crippen molar-refractivity contribution >= 4 is 52.2 Å². The molecular weight excluding hydrogens is 709 g/mol. The zero-order valence-electron chi connectivity index (χ0n) is 29.3. The molecule has 0 aliphatic carbocycles. The van der Waals surface area contributed by atoms with Crippen LogP contribution in [0.15, 0.2) is 84.0 Å². The summed E-state index contributed by atoms with van der Waals surface area (Å²) in [5.74, 6) is 0.383. The molecule has 1 unspecified atom stereocenters. The van der Waals surface area contributed by atoms with Crippen LogP contribution in [-0.2, 0) is 14.3 Å². The van der Waals surface area contributed by atoms with Gasteiger partial charge in [0.25, 0.3) is 11.8 Å². The first-order chi connectivity index (χ1) is 26.4. The highest BCUT2D eigenvalue weighted by atomic mass is 32.2. The van der Waals surface area contributed by atoms with E-state index in [4.69, 9.17) is 20.3 Å². The summed E-state index contributed by atoms with van der Waals surface area (Å²) >= 11 is 1.43. The minimum atomic E-state index is -0.996. The molecule has 4 amide bonds. The number of nitrogens with zero attached hydrogens (tertiary/aromatic N) is 6. The van der Waals surface area contributed by atoms with Crippen molar-refractivity contribution in [1.29, 1.82) is 0 Å². The number of fused-ring (bicyclic) bond motifs is 2. The van der Waals surface area contributed by atoms with Crippen LogP contribution in [0.1, 0.15) is 52.4 Å². The monoisotopic (exact) mass is 746 g/mol. The highest BCUT2D eigenvalue weighted by molar-refractivity contribution is 7.99. The van der Waals surface area contributed by atoms with Gasteiger partial charge >= 0.3 is 0 Å². The van der Waals surface area contributed by atoms with Gasteiger partial charge in [-0.3, -0.25) is 34.3 Å². The minimum absolute atomic E-state index is 0.0770. The van der Waals surface area contributed by atoms with Gasteiger partial charge in [-0.15, -0.1) is 11.8 Å². The molecule has 54 heavy (non-hydrogen) atoms. The summed E-state index contributed by atoms with van der Waals surface area (Å²) in [6, 6.07) is 21.6. The van der Waals surface area contributed by atoms with Crippen molar-refractivity contribution in [2.24, 2.45) is 0 Å². The summed E-state index contributed by atoms with van der Waals surface area (Å²) < 4.78 is 14.0. The van der Waals surface area contributed by atoms with Crippen LogP contribution in [0.3, 0.4) is 0 Å². The number of anilines is 1. The molecule has 3 N–H and O–H groups in total.